The summed E-state index contributed by atoms with van der Waals surface area (Å²) in [5.74, 6) is 0. The van der Waals surface area contributed by atoms with E-state index in [1.165, 1.54) is 52.1 Å². The zero-order valence-corrected chi connectivity index (χ0v) is 13.6. The molecule has 5 rings (SSSR count). The highest BCUT2D eigenvalue weighted by molar-refractivity contribution is 5.91. The summed E-state index contributed by atoms with van der Waals surface area (Å²) in [6, 6.07) is 24.1. The van der Waals surface area contributed by atoms with E-state index in [-0.39, 0.29) is 0 Å². The van der Waals surface area contributed by atoms with E-state index in [2.05, 4.69) is 66.7 Å². The van der Waals surface area contributed by atoms with E-state index < -0.39 is 0 Å². The van der Waals surface area contributed by atoms with Crippen molar-refractivity contribution >= 4 is 21.7 Å². The molecule has 1 heterocycles. The Bertz CT molecular complexity index is 1060. The molecular formula is C23H19N. The van der Waals surface area contributed by atoms with Gasteiger partial charge in [-0.1, -0.05) is 48.5 Å². The lowest BCUT2D eigenvalue weighted by Crippen LogP contribution is -1.93. The van der Waals surface area contributed by atoms with Crippen LogP contribution in [0.2, 0.25) is 0 Å². The monoisotopic (exact) mass is 309 g/mol. The van der Waals surface area contributed by atoms with Crippen molar-refractivity contribution in [3.05, 3.63) is 77.9 Å². The summed E-state index contributed by atoms with van der Waals surface area (Å²) in [6.45, 7) is 0. The second-order valence-corrected chi connectivity index (χ2v) is 6.75. The van der Waals surface area contributed by atoms with Crippen LogP contribution in [0.3, 0.4) is 0 Å². The molecule has 0 spiro atoms. The molecule has 0 saturated carbocycles. The van der Waals surface area contributed by atoms with Gasteiger partial charge in [0.05, 0.1) is 11.2 Å². The average molecular weight is 309 g/mol. The lowest BCUT2D eigenvalue weighted by Gasteiger charge is -2.11. The normalized spacial score (nSPS) is 14.0. The number of hydrogen-bond donors (Lipinski definition) is 0. The standard InChI is InChI=1S/C23H19N/c1-3-8-18-14-19(13-12-16(18)6-1)22-15-20-9-4-2-7-17-10-5-11-21(24-22)23(17)20/h1,3,5-6,8,10-15H,2,4,7,9H2. The summed E-state index contributed by atoms with van der Waals surface area (Å²) in [7, 11) is 0. The Kier molecular flexibility index (Phi) is 3.12. The number of benzene rings is 3. The molecule has 4 aromatic rings. The van der Waals surface area contributed by atoms with Crippen LogP contribution in [-0.2, 0) is 12.8 Å². The fraction of sp³-hybridized carbons (Fsp3) is 0.174. The average Bonchev–Trinajstić information content (AvgIpc) is 2.85. The fourth-order valence-electron chi connectivity index (χ4n) is 3.98. The van der Waals surface area contributed by atoms with Crippen LogP contribution in [0.1, 0.15) is 24.0 Å². The molecule has 3 aromatic carbocycles. The minimum absolute atomic E-state index is 1.10. The van der Waals surface area contributed by atoms with Crippen molar-refractivity contribution in [1.29, 1.82) is 0 Å². The largest absolute Gasteiger partial charge is 0.248 e. The van der Waals surface area contributed by atoms with E-state index in [1.54, 1.807) is 0 Å². The van der Waals surface area contributed by atoms with Crippen molar-refractivity contribution in [2.75, 3.05) is 0 Å². The van der Waals surface area contributed by atoms with Gasteiger partial charge < -0.3 is 0 Å². The maximum absolute atomic E-state index is 5.00. The zero-order valence-electron chi connectivity index (χ0n) is 13.6. The molecule has 1 aliphatic carbocycles. The number of aromatic nitrogens is 1. The minimum atomic E-state index is 1.10. The molecule has 0 N–H and O–H groups in total. The molecule has 0 saturated heterocycles. The predicted octanol–water partition coefficient (Wildman–Crippen LogP) is 5.93. The van der Waals surface area contributed by atoms with Crippen LogP contribution in [0.4, 0.5) is 0 Å². The van der Waals surface area contributed by atoms with Crippen molar-refractivity contribution in [3.8, 4) is 11.3 Å². The highest BCUT2D eigenvalue weighted by Gasteiger charge is 2.14. The highest BCUT2D eigenvalue weighted by atomic mass is 14.7. The molecule has 0 aliphatic heterocycles. The summed E-state index contributed by atoms with van der Waals surface area (Å²) >= 11 is 0. The van der Waals surface area contributed by atoms with Gasteiger partial charge in [0.2, 0.25) is 0 Å². The number of fused-ring (bicyclic) bond motifs is 1. The Balaban J connectivity index is 1.75. The Morgan fingerprint density at radius 2 is 1.50 bits per heavy atom. The SMILES string of the molecule is c1ccc2cc(-c3cc4c5c(cccc5n3)CCCC4)ccc2c1. The molecule has 1 heteroatoms. The van der Waals surface area contributed by atoms with Crippen LogP contribution in [-0.4, -0.2) is 4.98 Å². The van der Waals surface area contributed by atoms with Crippen LogP contribution >= 0.6 is 0 Å². The molecule has 0 bridgehead atoms. The molecule has 1 aliphatic rings. The Labute approximate surface area is 142 Å². The molecule has 116 valence electrons. The van der Waals surface area contributed by atoms with Crippen LogP contribution < -0.4 is 0 Å². The molecule has 0 amide bonds. The van der Waals surface area contributed by atoms with Gasteiger partial charge in [-0.15, -0.1) is 0 Å². The molecule has 0 atom stereocenters. The topological polar surface area (TPSA) is 12.9 Å². The van der Waals surface area contributed by atoms with E-state index >= 15 is 0 Å². The van der Waals surface area contributed by atoms with Gasteiger partial charge >= 0.3 is 0 Å². The summed E-state index contributed by atoms with van der Waals surface area (Å²) in [5, 5.41) is 3.96. The van der Waals surface area contributed by atoms with Gasteiger partial charge in [0.15, 0.2) is 0 Å². The fourth-order valence-corrected chi connectivity index (χ4v) is 3.98. The van der Waals surface area contributed by atoms with Gasteiger partial charge in [0, 0.05) is 10.9 Å². The summed E-state index contributed by atoms with van der Waals surface area (Å²) in [4.78, 5) is 5.00. The third-order valence-electron chi connectivity index (χ3n) is 5.19. The first-order valence-corrected chi connectivity index (χ1v) is 8.79. The van der Waals surface area contributed by atoms with Crippen LogP contribution in [0.15, 0.2) is 66.7 Å². The van der Waals surface area contributed by atoms with Gasteiger partial charge in [-0.3, -0.25) is 0 Å². The molecule has 0 unspecified atom stereocenters. The van der Waals surface area contributed by atoms with Gasteiger partial charge in [-0.2, -0.15) is 0 Å². The summed E-state index contributed by atoms with van der Waals surface area (Å²) in [5.41, 5.74) is 6.40. The number of rotatable bonds is 1. The Morgan fingerprint density at radius 1 is 0.667 bits per heavy atom. The third kappa shape index (κ3) is 2.20. The molecule has 1 aromatic heterocycles. The second kappa shape index (κ2) is 5.45. The number of aryl methyl sites for hydroxylation is 2. The van der Waals surface area contributed by atoms with E-state index in [0.29, 0.717) is 0 Å². The molecular weight excluding hydrogens is 290 g/mol. The van der Waals surface area contributed by atoms with Gasteiger partial charge in [-0.25, -0.2) is 4.98 Å². The van der Waals surface area contributed by atoms with Gasteiger partial charge in [0.1, 0.15) is 0 Å². The maximum atomic E-state index is 5.00. The molecule has 1 nitrogen and oxygen atoms in total. The molecule has 0 radical (unpaired) electrons. The molecule has 0 fully saturated rings. The third-order valence-corrected chi connectivity index (χ3v) is 5.19. The Morgan fingerprint density at radius 3 is 2.42 bits per heavy atom. The maximum Gasteiger partial charge on any atom is 0.0715 e. The number of hydrogen-bond acceptors (Lipinski definition) is 1. The quantitative estimate of drug-likeness (QED) is 0.424. The Hall–Kier alpha value is -2.67. The van der Waals surface area contributed by atoms with Crippen LogP contribution in [0, 0.1) is 0 Å². The lowest BCUT2D eigenvalue weighted by atomic mass is 9.98. The first-order chi connectivity index (χ1) is 11.9. The van der Waals surface area contributed by atoms with Crippen molar-refractivity contribution < 1.29 is 0 Å². The van der Waals surface area contributed by atoms with E-state index in [9.17, 15) is 0 Å². The van der Waals surface area contributed by atoms with Gasteiger partial charge in [-0.05, 0) is 65.8 Å². The number of nitrogens with zero attached hydrogens (tertiary/aromatic N) is 1. The smallest absolute Gasteiger partial charge is 0.0715 e. The lowest BCUT2D eigenvalue weighted by molar-refractivity contribution is 0.753. The van der Waals surface area contributed by atoms with Crippen LogP contribution in [0.5, 0.6) is 0 Å². The molecule has 24 heavy (non-hydrogen) atoms. The summed E-state index contributed by atoms with van der Waals surface area (Å²) in [6.07, 6.45) is 4.89. The summed E-state index contributed by atoms with van der Waals surface area (Å²) < 4.78 is 0. The second-order valence-electron chi connectivity index (χ2n) is 6.75. The predicted molar refractivity (Wildman–Crippen MR) is 101 cm³/mol. The van der Waals surface area contributed by atoms with Crippen molar-refractivity contribution in [2.45, 2.75) is 25.7 Å². The first kappa shape index (κ1) is 13.7. The van der Waals surface area contributed by atoms with Crippen molar-refractivity contribution in [2.24, 2.45) is 0 Å². The van der Waals surface area contributed by atoms with E-state index in [4.69, 9.17) is 4.98 Å². The van der Waals surface area contributed by atoms with Gasteiger partial charge in [0.25, 0.3) is 0 Å². The van der Waals surface area contributed by atoms with E-state index in [0.717, 1.165) is 17.6 Å². The minimum Gasteiger partial charge on any atom is -0.248 e. The highest BCUT2D eigenvalue weighted by Crippen LogP contribution is 2.32. The van der Waals surface area contributed by atoms with Crippen molar-refractivity contribution in [3.63, 3.8) is 0 Å². The van der Waals surface area contributed by atoms with Crippen LogP contribution in [0.25, 0.3) is 32.9 Å². The van der Waals surface area contributed by atoms with Crippen molar-refractivity contribution in [1.82, 2.24) is 4.98 Å². The number of pyridine rings is 1. The zero-order chi connectivity index (χ0) is 15.9. The first-order valence-electron chi connectivity index (χ1n) is 8.79. The van der Waals surface area contributed by atoms with E-state index in [1.807, 2.05) is 0 Å².